The topological polar surface area (TPSA) is 47.3 Å². The van der Waals surface area contributed by atoms with Gasteiger partial charge < -0.3 is 0 Å². The van der Waals surface area contributed by atoms with E-state index < -0.39 is 0 Å². The summed E-state index contributed by atoms with van der Waals surface area (Å²) in [5.74, 6) is 0. The number of hydrogen-bond donors (Lipinski definition) is 0. The molecule has 0 amide bonds. The zero-order chi connectivity index (χ0) is 13.7. The Balaban J connectivity index is 2.35. The molecular weight excluding hydrogens is 250 g/mol. The Morgan fingerprint density at radius 1 is 1.00 bits per heavy atom. The van der Waals surface area contributed by atoms with Crippen molar-refractivity contribution in [3.05, 3.63) is 64.7 Å². The summed E-state index contributed by atoms with van der Waals surface area (Å²) in [5.41, 5.74) is 3.08. The van der Waals surface area contributed by atoms with Gasteiger partial charge in [0, 0.05) is 5.39 Å². The summed E-state index contributed by atoms with van der Waals surface area (Å²) in [5, 5.41) is 1.54. The van der Waals surface area contributed by atoms with E-state index in [1.54, 1.807) is 6.33 Å². The maximum atomic E-state index is 12.6. The average Bonchev–Trinajstić information content (AvgIpc) is 2.47. The molecule has 2 aromatic carbocycles. The van der Waals surface area contributed by atoms with Gasteiger partial charge in [0.05, 0.1) is 16.4 Å². The molecule has 20 heavy (non-hydrogen) atoms. The van der Waals surface area contributed by atoms with Crippen LogP contribution in [0.25, 0.3) is 27.5 Å². The fourth-order valence-corrected chi connectivity index (χ4v) is 2.60. The summed E-state index contributed by atoms with van der Waals surface area (Å²) in [7, 11) is 0. The van der Waals surface area contributed by atoms with Crippen molar-refractivity contribution >= 4 is 27.5 Å². The fourth-order valence-electron chi connectivity index (χ4n) is 2.60. The Hall–Kier alpha value is -2.75. The minimum absolute atomic E-state index is 0.0682. The van der Waals surface area contributed by atoms with Crippen LogP contribution >= 0.6 is 0 Å². The van der Waals surface area contributed by atoms with E-state index in [4.69, 9.17) is 0 Å². The molecule has 0 saturated carbocycles. The molecule has 0 saturated heterocycles. The molecule has 0 aliphatic carbocycles. The van der Waals surface area contributed by atoms with E-state index in [1.165, 1.54) is 4.40 Å². The lowest BCUT2D eigenvalue weighted by atomic mass is 10.1. The molecule has 0 bridgehead atoms. The summed E-state index contributed by atoms with van der Waals surface area (Å²) in [6.45, 7) is 1.92. The van der Waals surface area contributed by atoms with Gasteiger partial charge in [-0.25, -0.2) is 14.4 Å². The molecule has 4 nitrogen and oxygen atoms in total. The molecule has 2 heterocycles. The monoisotopic (exact) mass is 261 g/mol. The van der Waals surface area contributed by atoms with Crippen LogP contribution in [0.4, 0.5) is 0 Å². The number of hydrogen-bond acceptors (Lipinski definition) is 3. The molecule has 0 fully saturated rings. The van der Waals surface area contributed by atoms with Crippen LogP contribution in [0.1, 0.15) is 5.56 Å². The zero-order valence-electron chi connectivity index (χ0n) is 10.9. The highest BCUT2D eigenvalue weighted by atomic mass is 16.1. The minimum atomic E-state index is -0.0682. The van der Waals surface area contributed by atoms with Gasteiger partial charge in [0.1, 0.15) is 6.33 Å². The van der Waals surface area contributed by atoms with Gasteiger partial charge in [0.25, 0.3) is 5.56 Å². The van der Waals surface area contributed by atoms with Crippen LogP contribution in [0.2, 0.25) is 0 Å². The lowest BCUT2D eigenvalue weighted by molar-refractivity contribution is 1.04. The average molecular weight is 261 g/mol. The van der Waals surface area contributed by atoms with Gasteiger partial charge in [-0.1, -0.05) is 24.3 Å². The molecular formula is C16H11N3O. The summed E-state index contributed by atoms with van der Waals surface area (Å²) in [4.78, 5) is 21.6. The summed E-state index contributed by atoms with van der Waals surface area (Å²) in [6, 6.07) is 13.4. The molecule has 4 aromatic rings. The van der Waals surface area contributed by atoms with Crippen molar-refractivity contribution < 1.29 is 0 Å². The second kappa shape index (κ2) is 3.87. The van der Waals surface area contributed by atoms with Crippen LogP contribution in [0, 0.1) is 6.92 Å². The van der Waals surface area contributed by atoms with Crippen molar-refractivity contribution in [2.75, 3.05) is 0 Å². The largest absolute Gasteiger partial charge is 0.268 e. The second-order valence-electron chi connectivity index (χ2n) is 4.84. The highest BCUT2D eigenvalue weighted by Gasteiger charge is 2.10. The molecule has 0 unspecified atom stereocenters. The third-order valence-corrected chi connectivity index (χ3v) is 3.60. The van der Waals surface area contributed by atoms with Gasteiger partial charge in [-0.05, 0) is 30.7 Å². The third kappa shape index (κ3) is 1.39. The molecule has 0 radical (unpaired) electrons. The predicted molar refractivity (Wildman–Crippen MR) is 79.0 cm³/mol. The second-order valence-corrected chi connectivity index (χ2v) is 4.84. The molecule has 2 aromatic heterocycles. The van der Waals surface area contributed by atoms with Gasteiger partial charge in [0.15, 0.2) is 5.65 Å². The molecule has 0 atom stereocenters. The first-order valence-corrected chi connectivity index (χ1v) is 6.41. The lowest BCUT2D eigenvalue weighted by Crippen LogP contribution is -2.16. The van der Waals surface area contributed by atoms with Crippen LogP contribution in [0.5, 0.6) is 0 Å². The molecule has 0 spiro atoms. The van der Waals surface area contributed by atoms with Crippen molar-refractivity contribution in [3.8, 4) is 0 Å². The summed E-state index contributed by atoms with van der Waals surface area (Å²) < 4.78 is 1.53. The van der Waals surface area contributed by atoms with Gasteiger partial charge in [-0.15, -0.1) is 0 Å². The van der Waals surface area contributed by atoms with Gasteiger partial charge in [-0.3, -0.25) is 4.79 Å². The molecule has 96 valence electrons. The van der Waals surface area contributed by atoms with E-state index in [0.29, 0.717) is 11.0 Å². The Labute approximate surface area is 114 Å². The standard InChI is InChI=1S/C16H11N3O/c1-10-5-4-8-13-14(10)16(20)19-9-17-12-7-3-2-6-11(12)15(19)18-13/h2-9H,1H3. The molecule has 0 N–H and O–H groups in total. The number of aromatic nitrogens is 3. The number of benzene rings is 2. The van der Waals surface area contributed by atoms with E-state index in [2.05, 4.69) is 9.97 Å². The van der Waals surface area contributed by atoms with Crippen molar-refractivity contribution in [2.24, 2.45) is 0 Å². The van der Waals surface area contributed by atoms with Gasteiger partial charge >= 0.3 is 0 Å². The molecule has 4 rings (SSSR count). The molecule has 4 heteroatoms. The van der Waals surface area contributed by atoms with Crippen LogP contribution in [0.15, 0.2) is 53.6 Å². The zero-order valence-corrected chi connectivity index (χ0v) is 10.9. The van der Waals surface area contributed by atoms with E-state index in [-0.39, 0.29) is 5.56 Å². The normalized spacial score (nSPS) is 11.4. The predicted octanol–water partition coefficient (Wildman–Crippen LogP) is 2.70. The SMILES string of the molecule is Cc1cccc2nc3c4ccccc4ncn3c(=O)c12. The molecule has 0 aliphatic heterocycles. The first-order chi connectivity index (χ1) is 9.75. The Kier molecular flexibility index (Phi) is 2.15. The Bertz CT molecular complexity index is 1030. The van der Waals surface area contributed by atoms with Crippen molar-refractivity contribution in [1.29, 1.82) is 0 Å². The highest BCUT2D eigenvalue weighted by Crippen LogP contribution is 2.18. The van der Waals surface area contributed by atoms with Crippen molar-refractivity contribution in [1.82, 2.24) is 14.4 Å². The third-order valence-electron chi connectivity index (χ3n) is 3.60. The van der Waals surface area contributed by atoms with E-state index in [1.807, 2.05) is 49.4 Å². The van der Waals surface area contributed by atoms with E-state index in [9.17, 15) is 4.79 Å². The number of fused-ring (bicyclic) bond motifs is 4. The van der Waals surface area contributed by atoms with Crippen molar-refractivity contribution in [3.63, 3.8) is 0 Å². The Morgan fingerprint density at radius 2 is 1.80 bits per heavy atom. The maximum absolute atomic E-state index is 12.6. The summed E-state index contributed by atoms with van der Waals surface area (Å²) >= 11 is 0. The first-order valence-electron chi connectivity index (χ1n) is 6.41. The first kappa shape index (κ1) is 11.1. The number of para-hydroxylation sites is 1. The van der Waals surface area contributed by atoms with Crippen LogP contribution in [-0.4, -0.2) is 14.4 Å². The van der Waals surface area contributed by atoms with Crippen molar-refractivity contribution in [2.45, 2.75) is 6.92 Å². The molecule has 0 aliphatic rings. The van der Waals surface area contributed by atoms with Crippen LogP contribution < -0.4 is 5.56 Å². The number of aryl methyl sites for hydroxylation is 1. The van der Waals surface area contributed by atoms with Crippen LogP contribution in [0.3, 0.4) is 0 Å². The Morgan fingerprint density at radius 3 is 2.70 bits per heavy atom. The summed E-state index contributed by atoms with van der Waals surface area (Å²) in [6.07, 6.45) is 1.55. The fraction of sp³-hybridized carbons (Fsp3) is 0.0625. The van der Waals surface area contributed by atoms with E-state index in [0.717, 1.165) is 22.0 Å². The highest BCUT2D eigenvalue weighted by molar-refractivity contribution is 5.94. The minimum Gasteiger partial charge on any atom is -0.268 e. The smallest absolute Gasteiger partial charge is 0.267 e. The maximum Gasteiger partial charge on any atom is 0.267 e. The van der Waals surface area contributed by atoms with Crippen LogP contribution in [-0.2, 0) is 0 Å². The van der Waals surface area contributed by atoms with Gasteiger partial charge in [0.2, 0.25) is 0 Å². The van der Waals surface area contributed by atoms with Gasteiger partial charge in [-0.2, -0.15) is 0 Å². The quantitative estimate of drug-likeness (QED) is 0.361. The lowest BCUT2D eigenvalue weighted by Gasteiger charge is -2.07. The number of nitrogens with zero attached hydrogens (tertiary/aromatic N) is 3. The van der Waals surface area contributed by atoms with E-state index >= 15 is 0 Å². The number of rotatable bonds is 0.